The summed E-state index contributed by atoms with van der Waals surface area (Å²) in [7, 11) is 3.20. The van der Waals surface area contributed by atoms with Crippen LogP contribution in [0.15, 0.2) is 89.4 Å². The molecule has 0 aromatic heterocycles. The van der Waals surface area contributed by atoms with Crippen LogP contribution in [0.2, 0.25) is 0 Å². The first-order valence-electron chi connectivity index (χ1n) is 14.4. The maximum atomic E-state index is 13.1. The molecule has 0 saturated carbocycles. The summed E-state index contributed by atoms with van der Waals surface area (Å²) in [6.45, 7) is 0.724. The van der Waals surface area contributed by atoms with E-state index in [4.69, 9.17) is 23.7 Å². The molecule has 0 spiro atoms. The average molecular weight is 567 g/mol. The van der Waals surface area contributed by atoms with Crippen molar-refractivity contribution in [3.8, 4) is 23.0 Å². The second kappa shape index (κ2) is 12.1. The highest BCUT2D eigenvalue weighted by Crippen LogP contribution is 2.48. The minimum atomic E-state index is -0.444. The van der Waals surface area contributed by atoms with Crippen molar-refractivity contribution in [2.24, 2.45) is 0 Å². The van der Waals surface area contributed by atoms with Crippen molar-refractivity contribution in [1.82, 2.24) is 0 Å². The van der Waals surface area contributed by atoms with E-state index in [-0.39, 0.29) is 18.2 Å². The topological polar surface area (TPSA) is 80.3 Å². The molecule has 7 heteroatoms. The van der Waals surface area contributed by atoms with Crippen molar-refractivity contribution in [2.75, 3.05) is 14.2 Å². The highest BCUT2D eigenvalue weighted by Gasteiger charge is 2.42. The number of Topliss-reactive ketones (excluding diaryl/α,β-unsaturated/α-hetero) is 2. The Morgan fingerprint density at radius 2 is 1.21 bits per heavy atom. The largest absolute Gasteiger partial charge is 0.493 e. The highest BCUT2D eigenvalue weighted by molar-refractivity contribution is 6.05. The molecule has 1 aliphatic heterocycles. The number of ketones is 2. The normalized spacial score (nSPS) is 16.9. The van der Waals surface area contributed by atoms with Gasteiger partial charge in [0.2, 0.25) is 0 Å². The summed E-state index contributed by atoms with van der Waals surface area (Å²) in [4.78, 5) is 26.2. The summed E-state index contributed by atoms with van der Waals surface area (Å²) in [6.07, 6.45) is 3.88. The van der Waals surface area contributed by atoms with Crippen molar-refractivity contribution < 1.29 is 33.3 Å². The second-order valence-corrected chi connectivity index (χ2v) is 10.7. The zero-order valence-corrected chi connectivity index (χ0v) is 23.9. The summed E-state index contributed by atoms with van der Waals surface area (Å²) < 4.78 is 29.6. The average Bonchev–Trinajstić information content (AvgIpc) is 3.02. The number of hydrogen-bond acceptors (Lipinski definition) is 7. The van der Waals surface area contributed by atoms with Crippen LogP contribution < -0.4 is 18.9 Å². The Hall–Kier alpha value is -4.52. The Morgan fingerprint density at radius 1 is 0.643 bits per heavy atom. The minimum Gasteiger partial charge on any atom is -0.493 e. The molecule has 0 radical (unpaired) electrons. The van der Waals surface area contributed by atoms with Crippen molar-refractivity contribution in [2.45, 2.75) is 57.7 Å². The molecule has 2 aliphatic carbocycles. The first-order valence-corrected chi connectivity index (χ1v) is 14.4. The van der Waals surface area contributed by atoms with Gasteiger partial charge in [0.05, 0.1) is 14.2 Å². The number of hydrogen-bond donors (Lipinski definition) is 0. The third kappa shape index (κ3) is 5.51. The number of carbonyl (C=O) groups is 2. The van der Waals surface area contributed by atoms with Gasteiger partial charge in [0.25, 0.3) is 0 Å². The molecule has 216 valence electrons. The fourth-order valence-electron chi connectivity index (χ4n) is 5.95. The molecular weight excluding hydrogens is 532 g/mol. The zero-order valence-electron chi connectivity index (χ0n) is 23.9. The second-order valence-electron chi connectivity index (χ2n) is 10.7. The highest BCUT2D eigenvalue weighted by atomic mass is 16.5. The summed E-state index contributed by atoms with van der Waals surface area (Å²) in [5.41, 5.74) is 4.04. The molecular formula is C35H34O7. The Kier molecular flexibility index (Phi) is 8.00. The van der Waals surface area contributed by atoms with Gasteiger partial charge in [-0.15, -0.1) is 0 Å². The van der Waals surface area contributed by atoms with Gasteiger partial charge in [0.1, 0.15) is 24.7 Å². The lowest BCUT2D eigenvalue weighted by Crippen LogP contribution is -2.30. The van der Waals surface area contributed by atoms with Gasteiger partial charge in [0, 0.05) is 42.7 Å². The molecule has 0 fully saturated rings. The predicted molar refractivity (Wildman–Crippen MR) is 157 cm³/mol. The fraction of sp³-hybridized carbons (Fsp3) is 0.314. The number of allylic oxidation sites excluding steroid dienone is 4. The Labute approximate surface area is 245 Å². The van der Waals surface area contributed by atoms with Crippen molar-refractivity contribution in [3.05, 3.63) is 106 Å². The number of benzene rings is 3. The number of rotatable bonds is 9. The summed E-state index contributed by atoms with van der Waals surface area (Å²) in [5.74, 6) is 3.46. The van der Waals surface area contributed by atoms with E-state index < -0.39 is 5.92 Å². The van der Waals surface area contributed by atoms with E-state index in [9.17, 15) is 9.59 Å². The summed E-state index contributed by atoms with van der Waals surface area (Å²) in [5, 5.41) is 0. The fourth-order valence-corrected chi connectivity index (χ4v) is 5.95. The molecule has 7 nitrogen and oxygen atoms in total. The van der Waals surface area contributed by atoms with E-state index >= 15 is 0 Å². The SMILES string of the molecule is COc1cc(COc2ccc(C3C4=C(CCCC4=O)OC4=C3C(=O)CCC4)cc2OC)ccc1OCc1ccccc1. The summed E-state index contributed by atoms with van der Waals surface area (Å²) >= 11 is 0. The molecule has 0 N–H and O–H groups in total. The number of methoxy groups -OCH3 is 2. The van der Waals surface area contributed by atoms with Crippen molar-refractivity contribution in [3.63, 3.8) is 0 Å². The van der Waals surface area contributed by atoms with Gasteiger partial charge in [0.15, 0.2) is 34.6 Å². The van der Waals surface area contributed by atoms with Gasteiger partial charge in [-0.1, -0.05) is 42.5 Å². The van der Waals surface area contributed by atoms with Crippen LogP contribution in [0.25, 0.3) is 0 Å². The van der Waals surface area contributed by atoms with Crippen LogP contribution in [0.1, 0.15) is 61.1 Å². The van der Waals surface area contributed by atoms with Gasteiger partial charge < -0.3 is 23.7 Å². The van der Waals surface area contributed by atoms with Crippen LogP contribution in [0.5, 0.6) is 23.0 Å². The number of ether oxygens (including phenoxy) is 5. The van der Waals surface area contributed by atoms with Crippen molar-refractivity contribution in [1.29, 1.82) is 0 Å². The van der Waals surface area contributed by atoms with Crippen LogP contribution in [0, 0.1) is 0 Å². The van der Waals surface area contributed by atoms with Gasteiger partial charge >= 0.3 is 0 Å². The molecule has 0 atom stereocenters. The van der Waals surface area contributed by atoms with Crippen LogP contribution in [0.4, 0.5) is 0 Å². The van der Waals surface area contributed by atoms with Crippen LogP contribution in [0.3, 0.4) is 0 Å². The molecule has 3 aliphatic rings. The first-order chi connectivity index (χ1) is 20.6. The predicted octanol–water partition coefficient (Wildman–Crippen LogP) is 6.99. The van der Waals surface area contributed by atoms with E-state index in [1.54, 1.807) is 14.2 Å². The Bertz CT molecular complexity index is 1530. The van der Waals surface area contributed by atoms with Crippen LogP contribution >= 0.6 is 0 Å². The molecule has 6 rings (SSSR count). The standard InChI is InChI=1S/C35H34O7/c1-38-31-18-23(14-16-27(31)40-20-22-8-4-3-5-9-22)21-41-28-17-15-24(19-32(28)39-2)33-34-25(36)10-6-12-29(34)42-30-13-7-11-26(37)35(30)33/h3-5,8-9,14-19,33H,6-7,10-13,20-21H2,1-2H3. The lowest BCUT2D eigenvalue weighted by molar-refractivity contribution is -0.117. The number of carbonyl (C=O) groups excluding carboxylic acids is 2. The van der Waals surface area contributed by atoms with Crippen LogP contribution in [-0.2, 0) is 27.5 Å². The summed E-state index contributed by atoms with van der Waals surface area (Å²) in [6, 6.07) is 21.3. The van der Waals surface area contributed by atoms with Gasteiger partial charge in [-0.2, -0.15) is 0 Å². The van der Waals surface area contributed by atoms with Crippen LogP contribution in [-0.4, -0.2) is 25.8 Å². The third-order valence-corrected chi connectivity index (χ3v) is 8.02. The molecule has 0 bridgehead atoms. The Balaban J connectivity index is 1.22. The van der Waals surface area contributed by atoms with Gasteiger partial charge in [-0.05, 0) is 53.8 Å². The lowest BCUT2D eigenvalue weighted by atomic mass is 9.73. The maximum absolute atomic E-state index is 13.1. The molecule has 3 aromatic carbocycles. The van der Waals surface area contributed by atoms with E-state index in [0.717, 1.165) is 29.5 Å². The monoisotopic (exact) mass is 566 g/mol. The van der Waals surface area contributed by atoms with Crippen molar-refractivity contribution >= 4 is 11.6 Å². The lowest BCUT2D eigenvalue weighted by Gasteiger charge is -2.36. The molecule has 42 heavy (non-hydrogen) atoms. The molecule has 0 saturated heterocycles. The molecule has 0 amide bonds. The molecule has 0 unspecified atom stereocenters. The maximum Gasteiger partial charge on any atom is 0.163 e. The van der Waals surface area contributed by atoms with E-state index in [0.29, 0.717) is 78.0 Å². The first kappa shape index (κ1) is 27.6. The molecule has 3 aromatic rings. The quantitative estimate of drug-likeness (QED) is 0.276. The smallest absolute Gasteiger partial charge is 0.163 e. The minimum absolute atomic E-state index is 0.0515. The van der Waals surface area contributed by atoms with E-state index in [2.05, 4.69) is 0 Å². The zero-order chi connectivity index (χ0) is 29.1. The Morgan fingerprint density at radius 3 is 1.83 bits per heavy atom. The molecule has 1 heterocycles. The van der Waals surface area contributed by atoms with Gasteiger partial charge in [-0.3, -0.25) is 9.59 Å². The van der Waals surface area contributed by atoms with E-state index in [1.807, 2.05) is 66.7 Å². The third-order valence-electron chi connectivity index (χ3n) is 8.02. The van der Waals surface area contributed by atoms with E-state index in [1.165, 1.54) is 0 Å². The van der Waals surface area contributed by atoms with Gasteiger partial charge in [-0.25, -0.2) is 0 Å².